The molecule has 0 radical (unpaired) electrons. The Labute approximate surface area is 113 Å². The normalized spacial score (nSPS) is 23.6. The number of aromatic amines is 1. The largest absolute Gasteiger partial charge is 0.352 e. The molecular weight excluding hydrogens is 240 g/mol. The summed E-state index contributed by atoms with van der Waals surface area (Å²) in [6.07, 6.45) is 5.95. The first-order valence-electron chi connectivity index (χ1n) is 7.30. The van der Waals surface area contributed by atoms with E-state index in [-0.39, 0.29) is 5.56 Å². The molecule has 2 N–H and O–H groups in total. The maximum absolute atomic E-state index is 11.8. The summed E-state index contributed by atoms with van der Waals surface area (Å²) >= 11 is 0. The summed E-state index contributed by atoms with van der Waals surface area (Å²) in [5.74, 6) is 2.24. The van der Waals surface area contributed by atoms with Crippen molar-refractivity contribution in [3.63, 3.8) is 0 Å². The van der Waals surface area contributed by atoms with Crippen LogP contribution in [0.3, 0.4) is 0 Å². The van der Waals surface area contributed by atoms with Crippen LogP contribution in [0, 0.1) is 0 Å². The standard InChI is InChI=1S/C14H22N4O/c1-15-9-11-4-2-3-7-18(11)12-8-13(19)17-14(16-12)10-5-6-10/h8,10-11,15H,2-7,9H2,1H3,(H,16,17,19). The summed E-state index contributed by atoms with van der Waals surface area (Å²) in [4.78, 5) is 21.7. The molecule has 19 heavy (non-hydrogen) atoms. The number of aromatic nitrogens is 2. The van der Waals surface area contributed by atoms with Crippen molar-refractivity contribution in [1.29, 1.82) is 0 Å². The predicted molar refractivity (Wildman–Crippen MR) is 75.7 cm³/mol. The summed E-state index contributed by atoms with van der Waals surface area (Å²) in [5.41, 5.74) is -0.0133. The Hall–Kier alpha value is -1.36. The summed E-state index contributed by atoms with van der Waals surface area (Å²) in [6.45, 7) is 1.96. The van der Waals surface area contributed by atoms with Gasteiger partial charge in [-0.05, 0) is 39.2 Å². The van der Waals surface area contributed by atoms with E-state index in [4.69, 9.17) is 4.98 Å². The van der Waals surface area contributed by atoms with Gasteiger partial charge in [-0.2, -0.15) is 0 Å². The van der Waals surface area contributed by atoms with Crippen LogP contribution in [0.4, 0.5) is 5.82 Å². The Morgan fingerprint density at radius 1 is 1.42 bits per heavy atom. The second kappa shape index (κ2) is 5.33. The van der Waals surface area contributed by atoms with E-state index >= 15 is 0 Å². The lowest BCUT2D eigenvalue weighted by molar-refractivity contribution is 0.442. The van der Waals surface area contributed by atoms with E-state index in [0.717, 1.165) is 37.6 Å². The SMILES string of the molecule is CNCC1CCCCN1c1cc(=O)[nH]c(C2CC2)n1. The molecule has 1 saturated heterocycles. The molecule has 1 aromatic rings. The van der Waals surface area contributed by atoms with Crippen molar-refractivity contribution >= 4 is 5.82 Å². The molecule has 104 valence electrons. The molecule has 1 unspecified atom stereocenters. The highest BCUT2D eigenvalue weighted by molar-refractivity contribution is 5.40. The average molecular weight is 262 g/mol. The topological polar surface area (TPSA) is 61.0 Å². The van der Waals surface area contributed by atoms with E-state index in [1.807, 2.05) is 7.05 Å². The lowest BCUT2D eigenvalue weighted by Crippen LogP contribution is -2.45. The van der Waals surface area contributed by atoms with Gasteiger partial charge in [0, 0.05) is 31.1 Å². The van der Waals surface area contributed by atoms with Gasteiger partial charge in [-0.15, -0.1) is 0 Å². The second-order valence-electron chi connectivity index (χ2n) is 5.66. The van der Waals surface area contributed by atoms with Crippen molar-refractivity contribution in [1.82, 2.24) is 15.3 Å². The van der Waals surface area contributed by atoms with Crippen molar-refractivity contribution in [3.05, 3.63) is 22.2 Å². The second-order valence-corrected chi connectivity index (χ2v) is 5.66. The minimum absolute atomic E-state index is 0.0133. The van der Waals surface area contributed by atoms with E-state index in [9.17, 15) is 4.79 Å². The monoisotopic (exact) mass is 262 g/mol. The van der Waals surface area contributed by atoms with Crippen LogP contribution < -0.4 is 15.8 Å². The smallest absolute Gasteiger partial charge is 0.252 e. The molecule has 0 amide bonds. The predicted octanol–water partition coefficient (Wildman–Crippen LogP) is 1.23. The molecule has 5 nitrogen and oxygen atoms in total. The van der Waals surface area contributed by atoms with E-state index in [0.29, 0.717) is 12.0 Å². The molecule has 5 heteroatoms. The van der Waals surface area contributed by atoms with Gasteiger partial charge in [0.2, 0.25) is 0 Å². The van der Waals surface area contributed by atoms with Crippen molar-refractivity contribution in [2.45, 2.75) is 44.1 Å². The highest BCUT2D eigenvalue weighted by Gasteiger charge is 2.28. The van der Waals surface area contributed by atoms with E-state index in [1.165, 1.54) is 19.3 Å². The molecule has 3 rings (SSSR count). The van der Waals surface area contributed by atoms with Gasteiger partial charge in [0.15, 0.2) is 0 Å². The van der Waals surface area contributed by atoms with Crippen molar-refractivity contribution in [3.8, 4) is 0 Å². The summed E-state index contributed by atoms with van der Waals surface area (Å²) < 4.78 is 0. The van der Waals surface area contributed by atoms with Gasteiger partial charge in [-0.25, -0.2) is 4.98 Å². The number of anilines is 1. The fourth-order valence-electron chi connectivity index (χ4n) is 2.91. The van der Waals surface area contributed by atoms with E-state index in [1.54, 1.807) is 6.07 Å². The third kappa shape index (κ3) is 2.81. The average Bonchev–Trinajstić information content (AvgIpc) is 3.23. The molecule has 2 aliphatic rings. The molecule has 1 aliphatic carbocycles. The van der Waals surface area contributed by atoms with Crippen LogP contribution in [0.1, 0.15) is 43.8 Å². The molecule has 0 aromatic carbocycles. The van der Waals surface area contributed by atoms with Gasteiger partial charge in [-0.3, -0.25) is 4.79 Å². The lowest BCUT2D eigenvalue weighted by atomic mass is 10.0. The van der Waals surface area contributed by atoms with Gasteiger partial charge in [0.25, 0.3) is 5.56 Å². The Morgan fingerprint density at radius 3 is 3.00 bits per heavy atom. The highest BCUT2D eigenvalue weighted by atomic mass is 16.1. The third-order valence-electron chi connectivity index (χ3n) is 4.07. The number of nitrogens with zero attached hydrogens (tertiary/aromatic N) is 2. The molecule has 1 aliphatic heterocycles. The zero-order chi connectivity index (χ0) is 13.2. The van der Waals surface area contributed by atoms with Gasteiger partial charge in [0.05, 0.1) is 0 Å². The number of likely N-dealkylation sites (N-methyl/N-ethyl adjacent to an activating group) is 1. The Bertz CT molecular complexity index is 492. The third-order valence-corrected chi connectivity index (χ3v) is 4.07. The lowest BCUT2D eigenvalue weighted by Gasteiger charge is -2.36. The Morgan fingerprint density at radius 2 is 2.26 bits per heavy atom. The highest BCUT2D eigenvalue weighted by Crippen LogP contribution is 2.38. The Kier molecular flexibility index (Phi) is 3.55. The van der Waals surface area contributed by atoms with Crippen LogP contribution in [0.2, 0.25) is 0 Å². The maximum atomic E-state index is 11.8. The number of piperidine rings is 1. The van der Waals surface area contributed by atoms with E-state index in [2.05, 4.69) is 15.2 Å². The van der Waals surface area contributed by atoms with Crippen molar-refractivity contribution < 1.29 is 0 Å². The van der Waals surface area contributed by atoms with Gasteiger partial charge in [-0.1, -0.05) is 0 Å². The van der Waals surface area contributed by atoms with Crippen molar-refractivity contribution in [2.24, 2.45) is 0 Å². The van der Waals surface area contributed by atoms with E-state index < -0.39 is 0 Å². The number of hydrogen-bond acceptors (Lipinski definition) is 4. The molecule has 1 saturated carbocycles. The number of nitrogens with one attached hydrogen (secondary N) is 2. The summed E-state index contributed by atoms with van der Waals surface area (Å²) in [6, 6.07) is 2.11. The minimum Gasteiger partial charge on any atom is -0.352 e. The number of rotatable bonds is 4. The Balaban J connectivity index is 1.88. The van der Waals surface area contributed by atoms with Gasteiger partial charge >= 0.3 is 0 Å². The van der Waals surface area contributed by atoms with Crippen LogP contribution >= 0.6 is 0 Å². The molecule has 1 aromatic heterocycles. The quantitative estimate of drug-likeness (QED) is 0.856. The number of H-pyrrole nitrogens is 1. The molecule has 0 bridgehead atoms. The summed E-state index contributed by atoms with van der Waals surface area (Å²) in [7, 11) is 1.98. The fraction of sp³-hybridized carbons (Fsp3) is 0.714. The first-order chi connectivity index (χ1) is 9.28. The van der Waals surface area contributed by atoms with Gasteiger partial charge < -0.3 is 15.2 Å². The van der Waals surface area contributed by atoms with Crippen LogP contribution in [0.15, 0.2) is 10.9 Å². The first-order valence-corrected chi connectivity index (χ1v) is 7.30. The number of hydrogen-bond donors (Lipinski definition) is 2. The zero-order valence-corrected chi connectivity index (χ0v) is 11.5. The molecular formula is C14H22N4O. The molecule has 2 heterocycles. The molecule has 2 fully saturated rings. The molecule has 1 atom stereocenters. The molecule has 0 spiro atoms. The van der Waals surface area contributed by atoms with Crippen LogP contribution in [0.25, 0.3) is 0 Å². The van der Waals surface area contributed by atoms with Crippen LogP contribution in [-0.2, 0) is 0 Å². The minimum atomic E-state index is -0.0133. The first kappa shape index (κ1) is 12.7. The fourth-order valence-corrected chi connectivity index (χ4v) is 2.91. The maximum Gasteiger partial charge on any atom is 0.252 e. The van der Waals surface area contributed by atoms with Crippen LogP contribution in [-0.4, -0.2) is 36.1 Å². The van der Waals surface area contributed by atoms with Crippen LogP contribution in [0.5, 0.6) is 0 Å². The van der Waals surface area contributed by atoms with Gasteiger partial charge in [0.1, 0.15) is 11.6 Å². The zero-order valence-electron chi connectivity index (χ0n) is 11.5. The summed E-state index contributed by atoms with van der Waals surface area (Å²) in [5, 5.41) is 3.25. The van der Waals surface area contributed by atoms with Crippen molar-refractivity contribution in [2.75, 3.05) is 25.0 Å².